The van der Waals surface area contributed by atoms with Crippen molar-refractivity contribution in [2.45, 2.75) is 25.8 Å². The third-order valence-corrected chi connectivity index (χ3v) is 2.58. The van der Waals surface area contributed by atoms with E-state index in [-0.39, 0.29) is 5.91 Å². The quantitative estimate of drug-likeness (QED) is 0.840. The van der Waals surface area contributed by atoms with E-state index in [2.05, 4.69) is 5.32 Å². The second-order valence-corrected chi connectivity index (χ2v) is 4.16. The van der Waals surface area contributed by atoms with Crippen LogP contribution in [0.25, 0.3) is 0 Å². The Morgan fingerprint density at radius 3 is 2.41 bits per heavy atom. The zero-order chi connectivity index (χ0) is 12.8. The molecule has 92 valence electrons. The number of nitrogens with two attached hydrogens (primary N) is 1. The molecule has 3 N–H and O–H groups in total. The van der Waals surface area contributed by atoms with Crippen LogP contribution in [0.3, 0.4) is 0 Å². The molecule has 0 aliphatic rings. The molecule has 1 aromatic carbocycles. The fraction of sp³-hybridized carbons (Fsp3) is 0.333. The molecule has 17 heavy (non-hydrogen) atoms. The Morgan fingerprint density at radius 1 is 1.35 bits per heavy atom. The van der Waals surface area contributed by atoms with E-state index in [4.69, 9.17) is 17.3 Å². The monoisotopic (exact) mass is 254 g/mol. The number of rotatable bonds is 5. The highest BCUT2D eigenvalue weighted by molar-refractivity contribution is 6.30. The first-order chi connectivity index (χ1) is 8.04. The van der Waals surface area contributed by atoms with Gasteiger partial charge in [-0.1, -0.05) is 24.9 Å². The summed E-state index contributed by atoms with van der Waals surface area (Å²) in [7, 11) is 0. The predicted octanol–water partition coefficient (Wildman–Crippen LogP) is 1.72. The fourth-order valence-electron chi connectivity index (χ4n) is 1.42. The lowest BCUT2D eigenvalue weighted by Gasteiger charge is -2.14. The van der Waals surface area contributed by atoms with Crippen LogP contribution in [0.15, 0.2) is 24.3 Å². The number of amides is 2. The summed E-state index contributed by atoms with van der Waals surface area (Å²) in [6.07, 6.45) is 1.31. The molecule has 0 heterocycles. The van der Waals surface area contributed by atoms with Crippen LogP contribution in [0.1, 0.15) is 30.1 Å². The van der Waals surface area contributed by atoms with Gasteiger partial charge in [0.2, 0.25) is 5.91 Å². The van der Waals surface area contributed by atoms with Crippen LogP contribution in [0.4, 0.5) is 0 Å². The molecular weight excluding hydrogens is 240 g/mol. The van der Waals surface area contributed by atoms with Crippen LogP contribution >= 0.6 is 11.6 Å². The lowest BCUT2D eigenvalue weighted by atomic mass is 10.1. The fourth-order valence-corrected chi connectivity index (χ4v) is 1.54. The summed E-state index contributed by atoms with van der Waals surface area (Å²) < 4.78 is 0. The normalized spacial score (nSPS) is 11.9. The highest BCUT2D eigenvalue weighted by atomic mass is 35.5. The molecule has 1 unspecified atom stereocenters. The highest BCUT2D eigenvalue weighted by Gasteiger charge is 2.17. The molecule has 0 radical (unpaired) electrons. The summed E-state index contributed by atoms with van der Waals surface area (Å²) in [5.74, 6) is -0.840. The number of benzene rings is 1. The van der Waals surface area contributed by atoms with Gasteiger partial charge in [0.25, 0.3) is 5.91 Å². The molecule has 2 amide bonds. The van der Waals surface area contributed by atoms with E-state index < -0.39 is 11.9 Å². The summed E-state index contributed by atoms with van der Waals surface area (Å²) in [6, 6.07) is 5.82. The van der Waals surface area contributed by atoms with Crippen molar-refractivity contribution in [3.05, 3.63) is 34.9 Å². The molecule has 1 rings (SSSR count). The Balaban J connectivity index is 2.70. The first-order valence-electron chi connectivity index (χ1n) is 5.40. The first-order valence-corrected chi connectivity index (χ1v) is 5.78. The van der Waals surface area contributed by atoms with Crippen LogP contribution in [-0.4, -0.2) is 17.9 Å². The first kappa shape index (κ1) is 13.5. The van der Waals surface area contributed by atoms with Gasteiger partial charge in [0.15, 0.2) is 0 Å². The summed E-state index contributed by atoms with van der Waals surface area (Å²) in [5.41, 5.74) is 5.65. The summed E-state index contributed by atoms with van der Waals surface area (Å²) in [6.45, 7) is 1.92. The van der Waals surface area contributed by atoms with Gasteiger partial charge in [0.05, 0.1) is 0 Å². The van der Waals surface area contributed by atoms with E-state index in [0.717, 1.165) is 6.42 Å². The molecule has 5 heteroatoms. The summed E-state index contributed by atoms with van der Waals surface area (Å²) in [5, 5.41) is 3.15. The maximum absolute atomic E-state index is 11.8. The third-order valence-electron chi connectivity index (χ3n) is 2.33. The topological polar surface area (TPSA) is 72.2 Å². The number of carbonyl (C=O) groups excluding carboxylic acids is 2. The van der Waals surface area contributed by atoms with Crippen molar-refractivity contribution in [2.75, 3.05) is 0 Å². The number of carbonyl (C=O) groups is 2. The van der Waals surface area contributed by atoms with E-state index >= 15 is 0 Å². The van der Waals surface area contributed by atoms with Crippen molar-refractivity contribution in [1.82, 2.24) is 5.32 Å². The molecule has 0 fully saturated rings. The Kier molecular flexibility index (Phi) is 4.97. The zero-order valence-corrected chi connectivity index (χ0v) is 10.3. The molecule has 0 bridgehead atoms. The Bertz CT molecular complexity index is 403. The second-order valence-electron chi connectivity index (χ2n) is 3.72. The van der Waals surface area contributed by atoms with Gasteiger partial charge in [-0.05, 0) is 30.7 Å². The maximum atomic E-state index is 11.8. The van der Waals surface area contributed by atoms with Gasteiger partial charge in [-0.3, -0.25) is 9.59 Å². The minimum Gasteiger partial charge on any atom is -0.368 e. The van der Waals surface area contributed by atoms with Gasteiger partial charge in [0.1, 0.15) is 6.04 Å². The summed E-state index contributed by atoms with van der Waals surface area (Å²) >= 11 is 5.72. The molecule has 0 saturated heterocycles. The Labute approximate surface area is 105 Å². The van der Waals surface area contributed by atoms with Crippen LogP contribution in [0.2, 0.25) is 5.02 Å². The van der Waals surface area contributed by atoms with Gasteiger partial charge < -0.3 is 11.1 Å². The van der Waals surface area contributed by atoms with E-state index in [1.54, 1.807) is 24.3 Å². The Hall–Kier alpha value is -1.55. The van der Waals surface area contributed by atoms with Crippen LogP contribution in [-0.2, 0) is 4.79 Å². The Morgan fingerprint density at radius 2 is 1.94 bits per heavy atom. The van der Waals surface area contributed by atoms with E-state index in [9.17, 15) is 9.59 Å². The van der Waals surface area contributed by atoms with Crippen molar-refractivity contribution in [1.29, 1.82) is 0 Å². The van der Waals surface area contributed by atoms with E-state index in [1.165, 1.54) is 0 Å². The van der Waals surface area contributed by atoms with Crippen molar-refractivity contribution in [3.63, 3.8) is 0 Å². The van der Waals surface area contributed by atoms with Crippen molar-refractivity contribution in [3.8, 4) is 0 Å². The molecule has 0 saturated carbocycles. The number of halogens is 1. The summed E-state index contributed by atoms with van der Waals surface area (Å²) in [4.78, 5) is 22.9. The minimum absolute atomic E-state index is 0.320. The van der Waals surface area contributed by atoms with Crippen LogP contribution in [0.5, 0.6) is 0 Å². The van der Waals surface area contributed by atoms with Gasteiger partial charge in [-0.15, -0.1) is 0 Å². The largest absolute Gasteiger partial charge is 0.368 e. The number of hydrogen-bond donors (Lipinski definition) is 2. The van der Waals surface area contributed by atoms with Crippen LogP contribution in [0, 0.1) is 0 Å². The van der Waals surface area contributed by atoms with Gasteiger partial charge in [0, 0.05) is 10.6 Å². The number of hydrogen-bond acceptors (Lipinski definition) is 2. The lowest BCUT2D eigenvalue weighted by Crippen LogP contribution is -2.44. The molecule has 4 nitrogen and oxygen atoms in total. The lowest BCUT2D eigenvalue weighted by molar-refractivity contribution is -0.120. The highest BCUT2D eigenvalue weighted by Crippen LogP contribution is 2.09. The predicted molar refractivity (Wildman–Crippen MR) is 66.8 cm³/mol. The van der Waals surface area contributed by atoms with Gasteiger partial charge in [-0.25, -0.2) is 0 Å². The molecule has 1 aromatic rings. The molecular formula is C12H15ClN2O2. The van der Waals surface area contributed by atoms with Crippen molar-refractivity contribution in [2.24, 2.45) is 5.73 Å². The molecule has 0 aromatic heterocycles. The van der Waals surface area contributed by atoms with Gasteiger partial charge >= 0.3 is 0 Å². The number of primary amides is 1. The smallest absolute Gasteiger partial charge is 0.251 e. The van der Waals surface area contributed by atoms with Crippen LogP contribution < -0.4 is 11.1 Å². The maximum Gasteiger partial charge on any atom is 0.251 e. The number of nitrogens with one attached hydrogen (secondary N) is 1. The SMILES string of the molecule is CCCC(NC(=O)c1ccc(Cl)cc1)C(N)=O. The third kappa shape index (κ3) is 4.07. The standard InChI is InChI=1S/C12H15ClN2O2/c1-2-3-10(11(14)16)15-12(17)8-4-6-9(13)7-5-8/h4-7,10H,2-3H2,1H3,(H2,14,16)(H,15,17). The van der Waals surface area contributed by atoms with Crippen molar-refractivity contribution < 1.29 is 9.59 Å². The molecule has 0 aliphatic heterocycles. The molecule has 1 atom stereocenters. The molecule has 0 aliphatic carbocycles. The molecule has 0 spiro atoms. The average molecular weight is 255 g/mol. The second kappa shape index (κ2) is 6.25. The van der Waals surface area contributed by atoms with E-state index in [1.807, 2.05) is 6.92 Å². The average Bonchev–Trinajstić information content (AvgIpc) is 2.29. The minimum atomic E-state index is -0.622. The van der Waals surface area contributed by atoms with Gasteiger partial charge in [-0.2, -0.15) is 0 Å². The van der Waals surface area contributed by atoms with Crippen molar-refractivity contribution >= 4 is 23.4 Å². The van der Waals surface area contributed by atoms with E-state index in [0.29, 0.717) is 17.0 Å². The zero-order valence-electron chi connectivity index (χ0n) is 9.57.